The van der Waals surface area contributed by atoms with Crippen LogP contribution < -0.4 is 10.1 Å². The van der Waals surface area contributed by atoms with Gasteiger partial charge in [0.2, 0.25) is 11.7 Å². The van der Waals surface area contributed by atoms with Crippen LogP contribution in [0.25, 0.3) is 0 Å². The average molecular weight is 315 g/mol. The van der Waals surface area contributed by atoms with Gasteiger partial charge in [0.15, 0.2) is 6.61 Å². The summed E-state index contributed by atoms with van der Waals surface area (Å²) < 4.78 is 10.6. The van der Waals surface area contributed by atoms with Crippen molar-refractivity contribution >= 4 is 5.91 Å². The lowest BCUT2D eigenvalue weighted by atomic mass is 10.1. The summed E-state index contributed by atoms with van der Waals surface area (Å²) in [5, 5.41) is 6.80. The van der Waals surface area contributed by atoms with Gasteiger partial charge in [-0.15, -0.1) is 0 Å². The zero-order valence-corrected chi connectivity index (χ0v) is 13.2. The molecule has 0 radical (unpaired) electrons. The summed E-state index contributed by atoms with van der Waals surface area (Å²) in [7, 11) is 0. The lowest BCUT2D eigenvalue weighted by Gasteiger charge is -2.13. The van der Waals surface area contributed by atoms with Gasteiger partial charge >= 0.3 is 0 Å². The number of hydrogen-bond acceptors (Lipinski definition) is 5. The van der Waals surface area contributed by atoms with Gasteiger partial charge in [0, 0.05) is 13.5 Å². The minimum absolute atomic E-state index is 0.100. The minimum atomic E-state index is -0.100. The quantitative estimate of drug-likeness (QED) is 0.887. The molecule has 1 N–H and O–H groups in total. The molecule has 1 fully saturated rings. The summed E-state index contributed by atoms with van der Waals surface area (Å²) in [6.07, 6.45) is 4.94. The molecule has 1 aliphatic rings. The van der Waals surface area contributed by atoms with Crippen LogP contribution in [0.1, 0.15) is 47.8 Å². The predicted molar refractivity (Wildman–Crippen MR) is 84.1 cm³/mol. The van der Waals surface area contributed by atoms with Gasteiger partial charge in [0.1, 0.15) is 5.75 Å². The van der Waals surface area contributed by atoms with Crippen LogP contribution >= 0.6 is 0 Å². The Hall–Kier alpha value is -2.37. The molecule has 122 valence electrons. The second kappa shape index (κ2) is 7.26. The molecule has 0 spiro atoms. The highest BCUT2D eigenvalue weighted by molar-refractivity contribution is 5.96. The molecule has 1 aromatic carbocycles. The van der Waals surface area contributed by atoms with E-state index in [1.54, 1.807) is 19.1 Å². The number of nitrogens with one attached hydrogen (secondary N) is 1. The molecule has 0 bridgehead atoms. The van der Waals surface area contributed by atoms with Crippen LogP contribution in [0.3, 0.4) is 0 Å². The number of amides is 1. The van der Waals surface area contributed by atoms with E-state index in [-0.39, 0.29) is 12.5 Å². The molecule has 0 saturated heterocycles. The SMILES string of the molecule is Cc1nc(COc2ccccc2C(=O)NCC2CCCC2)no1. The molecule has 3 rings (SSSR count). The molecule has 0 aliphatic heterocycles. The maximum atomic E-state index is 12.4. The number of ether oxygens (including phenoxy) is 1. The highest BCUT2D eigenvalue weighted by atomic mass is 16.5. The van der Waals surface area contributed by atoms with Crippen molar-refractivity contribution in [1.82, 2.24) is 15.5 Å². The highest BCUT2D eigenvalue weighted by Crippen LogP contribution is 2.24. The molecule has 2 aromatic rings. The Morgan fingerprint density at radius 3 is 2.87 bits per heavy atom. The van der Waals surface area contributed by atoms with Crippen LogP contribution in [0.5, 0.6) is 5.75 Å². The van der Waals surface area contributed by atoms with E-state index in [2.05, 4.69) is 15.5 Å². The fourth-order valence-electron chi connectivity index (χ4n) is 2.87. The first-order valence-electron chi connectivity index (χ1n) is 8.01. The molecule has 0 atom stereocenters. The van der Waals surface area contributed by atoms with E-state index in [9.17, 15) is 4.79 Å². The second-order valence-electron chi connectivity index (χ2n) is 5.87. The average Bonchev–Trinajstić information content (AvgIpc) is 3.22. The Morgan fingerprint density at radius 2 is 2.13 bits per heavy atom. The third kappa shape index (κ3) is 4.09. The van der Waals surface area contributed by atoms with Crippen LogP contribution in [-0.2, 0) is 6.61 Å². The molecule has 1 aromatic heterocycles. The van der Waals surface area contributed by atoms with E-state index >= 15 is 0 Å². The maximum absolute atomic E-state index is 12.4. The third-order valence-electron chi connectivity index (χ3n) is 4.08. The van der Waals surface area contributed by atoms with Crippen LogP contribution in [0.15, 0.2) is 28.8 Å². The first-order chi connectivity index (χ1) is 11.2. The van der Waals surface area contributed by atoms with Crippen LogP contribution in [0.4, 0.5) is 0 Å². The van der Waals surface area contributed by atoms with E-state index in [1.807, 2.05) is 12.1 Å². The van der Waals surface area contributed by atoms with Crippen LogP contribution in [-0.4, -0.2) is 22.6 Å². The molecule has 1 saturated carbocycles. The second-order valence-corrected chi connectivity index (χ2v) is 5.87. The summed E-state index contributed by atoms with van der Waals surface area (Å²) in [6.45, 7) is 2.63. The molecule has 23 heavy (non-hydrogen) atoms. The van der Waals surface area contributed by atoms with Gasteiger partial charge in [-0.25, -0.2) is 0 Å². The van der Waals surface area contributed by atoms with Crippen molar-refractivity contribution in [3.8, 4) is 5.75 Å². The Balaban J connectivity index is 1.60. The van der Waals surface area contributed by atoms with Gasteiger partial charge in [-0.1, -0.05) is 30.1 Å². The van der Waals surface area contributed by atoms with Crippen LogP contribution in [0.2, 0.25) is 0 Å². The zero-order valence-electron chi connectivity index (χ0n) is 13.2. The normalized spacial score (nSPS) is 14.8. The highest BCUT2D eigenvalue weighted by Gasteiger charge is 2.18. The number of aromatic nitrogens is 2. The number of aryl methyl sites for hydroxylation is 1. The maximum Gasteiger partial charge on any atom is 0.255 e. The van der Waals surface area contributed by atoms with E-state index < -0.39 is 0 Å². The molecular weight excluding hydrogens is 294 g/mol. The van der Waals surface area contributed by atoms with Crippen molar-refractivity contribution in [1.29, 1.82) is 0 Å². The fourth-order valence-corrected chi connectivity index (χ4v) is 2.87. The van der Waals surface area contributed by atoms with Gasteiger partial charge in [-0.3, -0.25) is 4.79 Å². The Kier molecular flexibility index (Phi) is 4.90. The summed E-state index contributed by atoms with van der Waals surface area (Å²) in [6, 6.07) is 7.21. The third-order valence-corrected chi connectivity index (χ3v) is 4.08. The van der Waals surface area contributed by atoms with E-state index in [1.165, 1.54) is 25.7 Å². The van der Waals surface area contributed by atoms with Gasteiger partial charge in [0.25, 0.3) is 5.91 Å². The molecule has 1 heterocycles. The first-order valence-corrected chi connectivity index (χ1v) is 8.01. The Morgan fingerprint density at radius 1 is 1.35 bits per heavy atom. The summed E-state index contributed by atoms with van der Waals surface area (Å²) in [5.74, 6) is 1.99. The number of nitrogens with zero attached hydrogens (tertiary/aromatic N) is 2. The minimum Gasteiger partial charge on any atom is -0.485 e. The molecule has 6 nitrogen and oxygen atoms in total. The van der Waals surface area contributed by atoms with Crippen molar-refractivity contribution < 1.29 is 14.1 Å². The number of hydrogen-bond donors (Lipinski definition) is 1. The number of carbonyl (C=O) groups excluding carboxylic acids is 1. The summed E-state index contributed by atoms with van der Waals surface area (Å²) >= 11 is 0. The monoisotopic (exact) mass is 315 g/mol. The smallest absolute Gasteiger partial charge is 0.255 e. The van der Waals surface area contributed by atoms with Gasteiger partial charge in [-0.05, 0) is 30.9 Å². The van der Waals surface area contributed by atoms with Gasteiger partial charge in [-0.2, -0.15) is 4.98 Å². The first kappa shape index (κ1) is 15.5. The van der Waals surface area contributed by atoms with Crippen molar-refractivity contribution in [3.05, 3.63) is 41.5 Å². The van der Waals surface area contributed by atoms with Crippen molar-refractivity contribution in [2.75, 3.05) is 6.54 Å². The standard InChI is InChI=1S/C17H21N3O3/c1-12-19-16(20-23-12)11-22-15-9-5-4-8-14(15)17(21)18-10-13-6-2-3-7-13/h4-5,8-9,13H,2-3,6-7,10-11H2,1H3,(H,18,21). The molecule has 6 heteroatoms. The van der Waals surface area contributed by atoms with Crippen molar-refractivity contribution in [2.45, 2.75) is 39.2 Å². The molecule has 1 amide bonds. The van der Waals surface area contributed by atoms with Gasteiger partial charge < -0.3 is 14.6 Å². The lowest BCUT2D eigenvalue weighted by Crippen LogP contribution is -2.28. The number of carbonyl (C=O) groups is 1. The Bertz CT molecular complexity index is 663. The van der Waals surface area contributed by atoms with Crippen molar-refractivity contribution in [2.24, 2.45) is 5.92 Å². The number of rotatable bonds is 6. The number of para-hydroxylation sites is 1. The molecule has 0 unspecified atom stereocenters. The molecular formula is C17H21N3O3. The largest absolute Gasteiger partial charge is 0.485 e. The lowest BCUT2D eigenvalue weighted by molar-refractivity contribution is 0.0942. The van der Waals surface area contributed by atoms with Crippen molar-refractivity contribution in [3.63, 3.8) is 0 Å². The van der Waals surface area contributed by atoms with E-state index in [4.69, 9.17) is 9.26 Å². The van der Waals surface area contributed by atoms with E-state index in [0.29, 0.717) is 28.9 Å². The summed E-state index contributed by atoms with van der Waals surface area (Å²) in [5.41, 5.74) is 0.533. The number of benzene rings is 1. The summed E-state index contributed by atoms with van der Waals surface area (Å²) in [4.78, 5) is 16.5. The fraction of sp³-hybridized carbons (Fsp3) is 0.471. The van der Waals surface area contributed by atoms with Gasteiger partial charge in [0.05, 0.1) is 5.56 Å². The van der Waals surface area contributed by atoms with Crippen LogP contribution in [0, 0.1) is 12.8 Å². The van der Waals surface area contributed by atoms with E-state index in [0.717, 1.165) is 6.54 Å². The topological polar surface area (TPSA) is 77.2 Å². The molecule has 1 aliphatic carbocycles. The zero-order chi connectivity index (χ0) is 16.1. The Labute approximate surface area is 135 Å². The predicted octanol–water partition coefficient (Wildman–Crippen LogP) is 2.88.